The summed E-state index contributed by atoms with van der Waals surface area (Å²) in [5.74, 6) is 2.31. The molecule has 38 heavy (non-hydrogen) atoms. The zero-order chi connectivity index (χ0) is 26.2. The van der Waals surface area contributed by atoms with Crippen LogP contribution in [0.15, 0.2) is 54.6 Å². The van der Waals surface area contributed by atoms with Crippen molar-refractivity contribution in [1.29, 1.82) is 0 Å². The van der Waals surface area contributed by atoms with Gasteiger partial charge in [-0.25, -0.2) is 9.97 Å². The molecule has 6 rings (SSSR count). The number of amides is 1. The van der Waals surface area contributed by atoms with Crippen molar-refractivity contribution >= 4 is 39.0 Å². The van der Waals surface area contributed by atoms with E-state index in [0.717, 1.165) is 29.3 Å². The molecule has 1 aliphatic carbocycles. The van der Waals surface area contributed by atoms with Gasteiger partial charge in [0.25, 0.3) is 11.6 Å². The maximum atomic E-state index is 13.1. The van der Waals surface area contributed by atoms with Gasteiger partial charge in [0.1, 0.15) is 16.5 Å². The summed E-state index contributed by atoms with van der Waals surface area (Å²) in [6.45, 7) is 4.68. The van der Waals surface area contributed by atoms with Gasteiger partial charge in [-0.15, -0.1) is 11.3 Å². The second kappa shape index (κ2) is 10.1. The quantitative estimate of drug-likeness (QED) is 0.259. The number of hydrogen-bond acceptors (Lipinski definition) is 7. The van der Waals surface area contributed by atoms with E-state index < -0.39 is 4.92 Å². The lowest BCUT2D eigenvalue weighted by atomic mass is 9.89. The summed E-state index contributed by atoms with van der Waals surface area (Å²) in [5, 5.41) is 12.3. The molecule has 1 fully saturated rings. The predicted molar refractivity (Wildman–Crippen MR) is 149 cm³/mol. The van der Waals surface area contributed by atoms with Crippen LogP contribution in [0.5, 0.6) is 0 Å². The van der Waals surface area contributed by atoms with Gasteiger partial charge < -0.3 is 9.80 Å². The summed E-state index contributed by atoms with van der Waals surface area (Å²) >= 11 is 1.82. The van der Waals surface area contributed by atoms with Crippen LogP contribution in [-0.4, -0.2) is 51.9 Å². The Kier molecular flexibility index (Phi) is 6.53. The first-order valence-electron chi connectivity index (χ1n) is 13.1. The number of carbonyl (C=O) groups is 1. The molecule has 0 radical (unpaired) electrons. The van der Waals surface area contributed by atoms with Gasteiger partial charge in [-0.2, -0.15) is 0 Å². The van der Waals surface area contributed by atoms with E-state index in [9.17, 15) is 14.9 Å². The summed E-state index contributed by atoms with van der Waals surface area (Å²) < 4.78 is 0. The molecule has 194 valence electrons. The third-order valence-corrected chi connectivity index (χ3v) is 8.71. The van der Waals surface area contributed by atoms with Crippen molar-refractivity contribution in [2.75, 3.05) is 31.1 Å². The molecule has 1 saturated heterocycles. The molecule has 3 heterocycles. The lowest BCUT2D eigenvalue weighted by molar-refractivity contribution is -0.384. The van der Waals surface area contributed by atoms with Crippen molar-refractivity contribution in [3.05, 3.63) is 92.1 Å². The average molecular weight is 528 g/mol. The number of anilines is 1. The normalized spacial score (nSPS) is 17.4. The molecule has 1 aliphatic heterocycles. The van der Waals surface area contributed by atoms with Crippen molar-refractivity contribution in [2.24, 2.45) is 5.92 Å². The topological polar surface area (TPSA) is 92.5 Å². The zero-order valence-electron chi connectivity index (χ0n) is 21.3. The Morgan fingerprint density at radius 2 is 1.87 bits per heavy atom. The molecule has 8 nitrogen and oxygen atoms in total. The summed E-state index contributed by atoms with van der Waals surface area (Å²) in [5.41, 5.74) is 2.86. The van der Waals surface area contributed by atoms with Gasteiger partial charge in [-0.05, 0) is 42.4 Å². The average Bonchev–Trinajstić information content (AvgIpc) is 3.30. The molecule has 1 unspecified atom stereocenters. The second-order valence-electron chi connectivity index (χ2n) is 10.2. The number of non-ortho nitro benzene ring substituents is 1. The number of nitro groups is 1. The van der Waals surface area contributed by atoms with Crippen LogP contribution in [0.2, 0.25) is 0 Å². The van der Waals surface area contributed by atoms with Crippen LogP contribution in [0.1, 0.15) is 45.5 Å². The maximum Gasteiger partial charge on any atom is 0.270 e. The van der Waals surface area contributed by atoms with E-state index in [1.54, 1.807) is 17.0 Å². The highest BCUT2D eigenvalue weighted by molar-refractivity contribution is 7.19. The van der Waals surface area contributed by atoms with Gasteiger partial charge in [0.2, 0.25) is 0 Å². The lowest BCUT2D eigenvalue weighted by Gasteiger charge is -2.36. The van der Waals surface area contributed by atoms with E-state index in [1.165, 1.54) is 39.9 Å². The van der Waals surface area contributed by atoms with Crippen LogP contribution in [0.25, 0.3) is 10.2 Å². The molecule has 0 N–H and O–H groups in total. The molecule has 2 aromatic heterocycles. The maximum absolute atomic E-state index is 13.1. The molecule has 4 aromatic rings. The fourth-order valence-corrected chi connectivity index (χ4v) is 6.90. The predicted octanol–water partition coefficient (Wildman–Crippen LogP) is 5.28. The Bertz CT molecular complexity index is 1510. The fraction of sp³-hybridized carbons (Fsp3) is 0.345. The number of thiophene rings is 1. The minimum atomic E-state index is -0.468. The van der Waals surface area contributed by atoms with Gasteiger partial charge in [0.05, 0.1) is 10.3 Å². The van der Waals surface area contributed by atoms with Crippen molar-refractivity contribution in [1.82, 2.24) is 14.9 Å². The van der Waals surface area contributed by atoms with E-state index in [2.05, 4.69) is 24.0 Å². The van der Waals surface area contributed by atoms with Gasteiger partial charge in [0, 0.05) is 55.2 Å². The fourth-order valence-electron chi connectivity index (χ4n) is 5.51. The van der Waals surface area contributed by atoms with Crippen molar-refractivity contribution in [3.63, 3.8) is 0 Å². The van der Waals surface area contributed by atoms with Gasteiger partial charge in [0.15, 0.2) is 0 Å². The third kappa shape index (κ3) is 4.74. The van der Waals surface area contributed by atoms with Crippen LogP contribution in [-0.2, 0) is 19.3 Å². The highest BCUT2D eigenvalue weighted by Gasteiger charge is 2.29. The first-order chi connectivity index (χ1) is 18.5. The van der Waals surface area contributed by atoms with E-state index in [1.807, 2.05) is 29.5 Å². The Morgan fingerprint density at radius 1 is 1.08 bits per heavy atom. The number of aryl methyl sites for hydroxylation is 1. The third-order valence-electron chi connectivity index (χ3n) is 7.56. The number of piperazine rings is 1. The number of aromatic nitrogens is 2. The van der Waals surface area contributed by atoms with Crippen LogP contribution in [0.4, 0.5) is 11.5 Å². The molecule has 0 saturated carbocycles. The number of nitrogens with zero attached hydrogens (tertiary/aromatic N) is 5. The first-order valence-corrected chi connectivity index (χ1v) is 13.9. The molecule has 0 bridgehead atoms. The van der Waals surface area contributed by atoms with Gasteiger partial charge in [-0.1, -0.05) is 43.3 Å². The summed E-state index contributed by atoms with van der Waals surface area (Å²) in [7, 11) is 0. The molecule has 1 amide bonds. The molecule has 2 aromatic carbocycles. The highest BCUT2D eigenvalue weighted by atomic mass is 32.1. The smallest absolute Gasteiger partial charge is 0.270 e. The van der Waals surface area contributed by atoms with Crippen molar-refractivity contribution in [3.8, 4) is 0 Å². The molecule has 9 heteroatoms. The number of rotatable bonds is 5. The molecular weight excluding hydrogens is 498 g/mol. The zero-order valence-corrected chi connectivity index (χ0v) is 22.1. The van der Waals surface area contributed by atoms with E-state index in [4.69, 9.17) is 9.97 Å². The van der Waals surface area contributed by atoms with Gasteiger partial charge in [-0.3, -0.25) is 14.9 Å². The number of benzene rings is 2. The Morgan fingerprint density at radius 3 is 2.63 bits per heavy atom. The summed E-state index contributed by atoms with van der Waals surface area (Å²) in [6, 6.07) is 16.3. The van der Waals surface area contributed by atoms with Crippen molar-refractivity contribution in [2.45, 2.75) is 32.6 Å². The monoisotopic (exact) mass is 527 g/mol. The summed E-state index contributed by atoms with van der Waals surface area (Å²) in [6.07, 6.45) is 3.99. The molecule has 1 atom stereocenters. The van der Waals surface area contributed by atoms with Crippen LogP contribution >= 0.6 is 11.3 Å². The first kappa shape index (κ1) is 24.5. The van der Waals surface area contributed by atoms with Crippen LogP contribution < -0.4 is 4.90 Å². The molecule has 2 aliphatic rings. The lowest BCUT2D eigenvalue weighted by Crippen LogP contribution is -2.49. The number of carbonyl (C=O) groups excluding carboxylic acids is 1. The standard InChI is InChI=1S/C29H29N5O3S/c1-19-10-11-23-24(16-19)38-28-26(23)27(30-25(31-28)17-20-6-3-2-4-7-20)32-12-14-33(15-13-32)29(35)21-8-5-9-22(18-21)34(36)37/h2-9,18-19H,10-17H2,1H3. The Hall–Kier alpha value is -3.85. The van der Waals surface area contributed by atoms with Crippen molar-refractivity contribution < 1.29 is 9.72 Å². The number of fused-ring (bicyclic) bond motifs is 3. The number of hydrogen-bond donors (Lipinski definition) is 0. The number of nitro benzene ring substituents is 1. The second-order valence-corrected chi connectivity index (χ2v) is 11.3. The largest absolute Gasteiger partial charge is 0.352 e. The van der Waals surface area contributed by atoms with E-state index >= 15 is 0 Å². The van der Waals surface area contributed by atoms with Gasteiger partial charge >= 0.3 is 0 Å². The SMILES string of the molecule is CC1CCc2c(sc3nc(Cc4ccccc4)nc(N4CCN(C(=O)c5cccc([N+](=O)[O-])c5)CC4)c23)C1. The molecular formula is C29H29N5O3S. The Labute approximate surface area is 225 Å². The highest BCUT2D eigenvalue weighted by Crippen LogP contribution is 2.41. The Balaban J connectivity index is 1.29. The van der Waals surface area contributed by atoms with Crippen LogP contribution in [0.3, 0.4) is 0 Å². The van der Waals surface area contributed by atoms with Crippen LogP contribution in [0, 0.1) is 16.0 Å². The molecule has 0 spiro atoms. The van der Waals surface area contributed by atoms with E-state index in [0.29, 0.717) is 44.1 Å². The minimum absolute atomic E-state index is 0.0691. The summed E-state index contributed by atoms with van der Waals surface area (Å²) in [4.78, 5) is 40.5. The minimum Gasteiger partial charge on any atom is -0.352 e. The van der Waals surface area contributed by atoms with E-state index in [-0.39, 0.29) is 11.6 Å².